The summed E-state index contributed by atoms with van der Waals surface area (Å²) in [6, 6.07) is 16.1. The minimum atomic E-state index is -1.13. The zero-order valence-corrected chi connectivity index (χ0v) is 17.8. The minimum Gasteiger partial charge on any atom is -0.384 e. The van der Waals surface area contributed by atoms with E-state index in [1.807, 2.05) is 54.6 Å². The number of benzene rings is 2. The lowest BCUT2D eigenvalue weighted by molar-refractivity contribution is -0.131. The van der Waals surface area contributed by atoms with Crippen molar-refractivity contribution in [1.29, 1.82) is 0 Å². The SMILES string of the molecule is COCCC(=O)N[C@@H](C)C(=O)N[C@H]1N=C(c2ccccc2)c2ccccc2N(C)C1=O. The lowest BCUT2D eigenvalue weighted by Gasteiger charge is -2.22. The fourth-order valence-electron chi connectivity index (χ4n) is 3.28. The first-order chi connectivity index (χ1) is 14.9. The predicted octanol–water partition coefficient (Wildman–Crippen LogP) is 1.48. The molecule has 162 valence electrons. The summed E-state index contributed by atoms with van der Waals surface area (Å²) in [5.41, 5.74) is 2.93. The number of para-hydroxylation sites is 1. The average molecular weight is 422 g/mol. The third-order valence-electron chi connectivity index (χ3n) is 4.97. The van der Waals surface area contributed by atoms with Crippen LogP contribution in [-0.4, -0.2) is 56.4 Å². The number of benzodiazepines with no additional fused rings is 1. The van der Waals surface area contributed by atoms with E-state index in [2.05, 4.69) is 15.6 Å². The fraction of sp³-hybridized carbons (Fsp3) is 0.304. The number of carbonyl (C=O) groups is 3. The summed E-state index contributed by atoms with van der Waals surface area (Å²) in [6.07, 6.45) is -0.983. The smallest absolute Gasteiger partial charge is 0.272 e. The zero-order chi connectivity index (χ0) is 22.4. The quantitative estimate of drug-likeness (QED) is 0.706. The van der Waals surface area contributed by atoms with Crippen LogP contribution < -0.4 is 15.5 Å². The molecule has 0 saturated heterocycles. The van der Waals surface area contributed by atoms with E-state index in [-0.39, 0.29) is 24.8 Å². The molecule has 0 fully saturated rings. The molecule has 0 aliphatic carbocycles. The molecule has 3 amide bonds. The third kappa shape index (κ3) is 5.16. The molecular formula is C23H26N4O4. The van der Waals surface area contributed by atoms with Crippen LogP contribution in [0.4, 0.5) is 5.69 Å². The highest BCUT2D eigenvalue weighted by Gasteiger charge is 2.32. The van der Waals surface area contributed by atoms with Crippen LogP contribution in [-0.2, 0) is 19.1 Å². The number of carbonyl (C=O) groups excluding carboxylic acids is 3. The summed E-state index contributed by atoms with van der Waals surface area (Å²) in [6.45, 7) is 1.82. The molecule has 1 aliphatic rings. The van der Waals surface area contributed by atoms with Gasteiger partial charge in [0, 0.05) is 31.7 Å². The van der Waals surface area contributed by atoms with Crippen molar-refractivity contribution >= 4 is 29.1 Å². The largest absolute Gasteiger partial charge is 0.384 e. The van der Waals surface area contributed by atoms with Crippen LogP contribution >= 0.6 is 0 Å². The van der Waals surface area contributed by atoms with Crippen molar-refractivity contribution in [2.75, 3.05) is 25.7 Å². The van der Waals surface area contributed by atoms with E-state index in [0.29, 0.717) is 11.4 Å². The van der Waals surface area contributed by atoms with Gasteiger partial charge in [-0.1, -0.05) is 48.5 Å². The Bertz CT molecular complexity index is 990. The van der Waals surface area contributed by atoms with Crippen LogP contribution in [0, 0.1) is 0 Å². The van der Waals surface area contributed by atoms with Crippen LogP contribution in [0.25, 0.3) is 0 Å². The number of nitrogens with one attached hydrogen (secondary N) is 2. The standard InChI is InChI=1S/C23H26N4O4/c1-15(24-19(28)13-14-31-3)22(29)26-21-23(30)27(2)18-12-8-7-11-17(18)20(25-21)16-9-5-4-6-10-16/h4-12,15,21H,13-14H2,1-3H3,(H,24,28)(H,26,29)/t15-,21+/m0/s1. The van der Waals surface area contributed by atoms with Gasteiger partial charge in [0.15, 0.2) is 0 Å². The van der Waals surface area contributed by atoms with Crippen molar-refractivity contribution in [3.8, 4) is 0 Å². The predicted molar refractivity (Wildman–Crippen MR) is 118 cm³/mol. The van der Waals surface area contributed by atoms with Crippen molar-refractivity contribution < 1.29 is 19.1 Å². The van der Waals surface area contributed by atoms with Crippen molar-refractivity contribution in [3.05, 3.63) is 65.7 Å². The van der Waals surface area contributed by atoms with Gasteiger partial charge in [0.2, 0.25) is 18.0 Å². The molecule has 2 aromatic carbocycles. The van der Waals surface area contributed by atoms with Gasteiger partial charge in [-0.15, -0.1) is 0 Å². The first-order valence-electron chi connectivity index (χ1n) is 10.0. The molecule has 0 radical (unpaired) electrons. The molecular weight excluding hydrogens is 396 g/mol. The Morgan fingerprint density at radius 1 is 1.13 bits per heavy atom. The summed E-state index contributed by atoms with van der Waals surface area (Å²) in [7, 11) is 3.15. The van der Waals surface area contributed by atoms with E-state index < -0.39 is 18.1 Å². The first kappa shape index (κ1) is 22.2. The number of fused-ring (bicyclic) bond motifs is 1. The molecule has 2 atom stereocenters. The summed E-state index contributed by atoms with van der Waals surface area (Å²) in [5.74, 6) is -1.18. The Morgan fingerprint density at radius 2 is 1.81 bits per heavy atom. The number of rotatable bonds is 7. The second-order valence-corrected chi connectivity index (χ2v) is 7.20. The lowest BCUT2D eigenvalue weighted by Crippen LogP contribution is -2.52. The number of nitrogens with zero attached hydrogens (tertiary/aromatic N) is 2. The third-order valence-corrected chi connectivity index (χ3v) is 4.97. The Morgan fingerprint density at radius 3 is 2.52 bits per heavy atom. The first-order valence-corrected chi connectivity index (χ1v) is 10.0. The molecule has 8 heteroatoms. The molecule has 3 rings (SSSR count). The second-order valence-electron chi connectivity index (χ2n) is 7.20. The maximum atomic E-state index is 13.1. The van der Waals surface area contributed by atoms with Crippen molar-refractivity contribution in [2.45, 2.75) is 25.6 Å². The summed E-state index contributed by atoms with van der Waals surface area (Å²) >= 11 is 0. The van der Waals surface area contributed by atoms with E-state index >= 15 is 0 Å². The van der Waals surface area contributed by atoms with Crippen molar-refractivity contribution in [3.63, 3.8) is 0 Å². The van der Waals surface area contributed by atoms with Gasteiger partial charge in [0.1, 0.15) is 6.04 Å². The number of likely N-dealkylation sites (N-methyl/N-ethyl adjacent to an activating group) is 1. The molecule has 0 bridgehead atoms. The number of ether oxygens (including phenoxy) is 1. The number of amides is 3. The lowest BCUT2D eigenvalue weighted by atomic mass is 10.0. The molecule has 0 saturated carbocycles. The number of hydrogen-bond acceptors (Lipinski definition) is 5. The topological polar surface area (TPSA) is 100 Å². The maximum Gasteiger partial charge on any atom is 0.272 e. The van der Waals surface area contributed by atoms with E-state index in [9.17, 15) is 14.4 Å². The van der Waals surface area contributed by atoms with Gasteiger partial charge in [-0.25, -0.2) is 4.99 Å². The zero-order valence-electron chi connectivity index (χ0n) is 17.8. The van der Waals surface area contributed by atoms with Gasteiger partial charge in [0.25, 0.3) is 5.91 Å². The van der Waals surface area contributed by atoms with Gasteiger partial charge in [-0.3, -0.25) is 14.4 Å². The van der Waals surface area contributed by atoms with Gasteiger partial charge in [-0.05, 0) is 13.0 Å². The number of hydrogen-bond donors (Lipinski definition) is 2. The monoisotopic (exact) mass is 422 g/mol. The van der Waals surface area contributed by atoms with E-state index in [0.717, 1.165) is 11.1 Å². The molecule has 1 heterocycles. The van der Waals surface area contributed by atoms with Crippen LogP contribution in [0.15, 0.2) is 59.6 Å². The van der Waals surface area contributed by atoms with Crippen molar-refractivity contribution in [2.24, 2.45) is 4.99 Å². The average Bonchev–Trinajstić information content (AvgIpc) is 2.89. The van der Waals surface area contributed by atoms with Crippen LogP contribution in [0.5, 0.6) is 0 Å². The van der Waals surface area contributed by atoms with Gasteiger partial charge < -0.3 is 20.3 Å². The molecule has 1 aliphatic heterocycles. The molecule has 2 aromatic rings. The van der Waals surface area contributed by atoms with Gasteiger partial charge >= 0.3 is 0 Å². The number of anilines is 1. The number of methoxy groups -OCH3 is 1. The van der Waals surface area contributed by atoms with Crippen molar-refractivity contribution in [1.82, 2.24) is 10.6 Å². The second kappa shape index (κ2) is 9.99. The summed E-state index contributed by atoms with van der Waals surface area (Å²) in [4.78, 5) is 43.8. The normalized spacial score (nSPS) is 16.6. The Hall–Kier alpha value is -3.52. The van der Waals surface area contributed by atoms with Crippen LogP contribution in [0.2, 0.25) is 0 Å². The molecule has 0 spiro atoms. The van der Waals surface area contributed by atoms with Gasteiger partial charge in [0.05, 0.1) is 18.0 Å². The minimum absolute atomic E-state index is 0.144. The summed E-state index contributed by atoms with van der Waals surface area (Å²) < 4.78 is 4.87. The Balaban J connectivity index is 1.89. The van der Waals surface area contributed by atoms with E-state index in [4.69, 9.17) is 4.74 Å². The Kier molecular flexibility index (Phi) is 7.15. The number of aliphatic imine (C=N–C) groups is 1. The van der Waals surface area contributed by atoms with E-state index in [1.54, 1.807) is 14.0 Å². The fourth-order valence-corrected chi connectivity index (χ4v) is 3.28. The van der Waals surface area contributed by atoms with Crippen LogP contribution in [0.3, 0.4) is 0 Å². The highest BCUT2D eigenvalue weighted by Crippen LogP contribution is 2.27. The highest BCUT2D eigenvalue weighted by atomic mass is 16.5. The summed E-state index contributed by atoms with van der Waals surface area (Å²) in [5, 5.41) is 5.27. The van der Waals surface area contributed by atoms with Crippen LogP contribution in [0.1, 0.15) is 24.5 Å². The highest BCUT2D eigenvalue weighted by molar-refractivity contribution is 6.20. The molecule has 31 heavy (non-hydrogen) atoms. The van der Waals surface area contributed by atoms with E-state index in [1.165, 1.54) is 12.0 Å². The molecule has 0 unspecified atom stereocenters. The Labute approximate surface area is 181 Å². The molecule has 0 aromatic heterocycles. The van der Waals surface area contributed by atoms with Gasteiger partial charge in [-0.2, -0.15) is 0 Å². The molecule has 2 N–H and O–H groups in total. The maximum absolute atomic E-state index is 13.1. The molecule has 8 nitrogen and oxygen atoms in total.